The van der Waals surface area contributed by atoms with Crippen LogP contribution >= 0.6 is 0 Å². The summed E-state index contributed by atoms with van der Waals surface area (Å²) in [6.45, 7) is 5.19. The number of fused-ring (bicyclic) bond motifs is 1. The number of carbonyl (C=O) groups is 2. The summed E-state index contributed by atoms with van der Waals surface area (Å²) in [4.78, 5) is 31.3. The molecule has 32 heavy (non-hydrogen) atoms. The summed E-state index contributed by atoms with van der Waals surface area (Å²) in [5.74, 6) is 0.645. The fourth-order valence-corrected chi connectivity index (χ4v) is 4.75. The third kappa shape index (κ3) is 5.12. The van der Waals surface area contributed by atoms with Crippen molar-refractivity contribution in [3.05, 3.63) is 24.0 Å². The highest BCUT2D eigenvalue weighted by Crippen LogP contribution is 2.22. The SMILES string of the molecule is CC1CCN(C(=O)C(C)OC(=O)CCc2nc3cc(S(=O)(=O)N(C)C)ccc3n2C)CC1. The van der Waals surface area contributed by atoms with Gasteiger partial charge in [0.1, 0.15) is 5.82 Å². The molecule has 0 radical (unpaired) electrons. The minimum Gasteiger partial charge on any atom is -0.453 e. The Balaban J connectivity index is 1.62. The predicted octanol–water partition coefficient (Wildman–Crippen LogP) is 1.95. The number of nitrogens with zero attached hydrogens (tertiary/aromatic N) is 4. The number of carbonyl (C=O) groups excluding carboxylic acids is 2. The van der Waals surface area contributed by atoms with Crippen LogP contribution in [0.15, 0.2) is 23.1 Å². The molecule has 0 aliphatic carbocycles. The minimum atomic E-state index is -3.56. The lowest BCUT2D eigenvalue weighted by Crippen LogP contribution is -2.44. The summed E-state index contributed by atoms with van der Waals surface area (Å²) in [5, 5.41) is 0. The van der Waals surface area contributed by atoms with Gasteiger partial charge >= 0.3 is 5.97 Å². The van der Waals surface area contributed by atoms with Gasteiger partial charge in [-0.3, -0.25) is 9.59 Å². The number of imidazole rings is 1. The maximum Gasteiger partial charge on any atom is 0.307 e. The quantitative estimate of drug-likeness (QED) is 0.581. The van der Waals surface area contributed by atoms with E-state index < -0.39 is 22.1 Å². The molecule has 9 nitrogen and oxygen atoms in total. The molecule has 1 amide bonds. The van der Waals surface area contributed by atoms with Crippen molar-refractivity contribution in [2.45, 2.75) is 50.5 Å². The van der Waals surface area contributed by atoms with Gasteiger partial charge in [0.05, 0.1) is 22.3 Å². The van der Waals surface area contributed by atoms with E-state index in [0.29, 0.717) is 36.8 Å². The van der Waals surface area contributed by atoms with E-state index >= 15 is 0 Å². The van der Waals surface area contributed by atoms with Crippen LogP contribution in [-0.4, -0.2) is 72.3 Å². The van der Waals surface area contributed by atoms with E-state index in [1.165, 1.54) is 20.2 Å². The number of sulfonamides is 1. The summed E-state index contributed by atoms with van der Waals surface area (Å²) >= 11 is 0. The van der Waals surface area contributed by atoms with Crippen LogP contribution in [0.1, 0.15) is 38.9 Å². The zero-order valence-electron chi connectivity index (χ0n) is 19.4. The Bertz CT molecular complexity index is 1100. The number of benzene rings is 1. The number of hydrogen-bond acceptors (Lipinski definition) is 6. The number of esters is 1. The second-order valence-corrected chi connectivity index (χ2v) is 10.8. The number of amides is 1. The molecule has 1 aliphatic rings. The first kappa shape index (κ1) is 24.2. The minimum absolute atomic E-state index is 0.0780. The molecule has 2 aromatic rings. The first-order valence-corrected chi connectivity index (χ1v) is 12.3. The molecular formula is C22H32N4O5S. The highest BCUT2D eigenvalue weighted by Gasteiger charge is 2.27. The zero-order chi connectivity index (χ0) is 23.6. The van der Waals surface area contributed by atoms with Crippen LogP contribution in [0, 0.1) is 5.92 Å². The second-order valence-electron chi connectivity index (χ2n) is 8.66. The topological polar surface area (TPSA) is 102 Å². The molecule has 1 fully saturated rings. The van der Waals surface area contributed by atoms with E-state index in [1.54, 1.807) is 24.0 Å². The molecule has 0 spiro atoms. The molecule has 0 bridgehead atoms. The molecule has 3 rings (SSSR count). The third-order valence-corrected chi connectivity index (χ3v) is 7.84. The fourth-order valence-electron chi connectivity index (χ4n) is 3.83. The van der Waals surface area contributed by atoms with E-state index in [1.807, 2.05) is 11.6 Å². The smallest absolute Gasteiger partial charge is 0.307 e. The molecule has 1 atom stereocenters. The molecule has 2 heterocycles. The van der Waals surface area contributed by atoms with Crippen molar-refractivity contribution in [1.29, 1.82) is 0 Å². The predicted molar refractivity (Wildman–Crippen MR) is 120 cm³/mol. The molecule has 176 valence electrons. The molecule has 0 N–H and O–H groups in total. The molecule has 0 saturated carbocycles. The van der Waals surface area contributed by atoms with Crippen LogP contribution in [0.2, 0.25) is 0 Å². The second kappa shape index (κ2) is 9.58. The van der Waals surface area contributed by atoms with E-state index in [4.69, 9.17) is 4.74 Å². The first-order chi connectivity index (χ1) is 15.0. The van der Waals surface area contributed by atoms with Crippen LogP contribution in [0.4, 0.5) is 0 Å². The summed E-state index contributed by atoms with van der Waals surface area (Å²) in [5.41, 5.74) is 1.32. The van der Waals surface area contributed by atoms with Gasteiger partial charge in [-0.05, 0) is 43.9 Å². The lowest BCUT2D eigenvalue weighted by Gasteiger charge is -2.31. The Kier molecular flexibility index (Phi) is 7.24. The van der Waals surface area contributed by atoms with Gasteiger partial charge in [0.25, 0.3) is 5.91 Å². The number of hydrogen-bond donors (Lipinski definition) is 0. The number of rotatable bonds is 7. The van der Waals surface area contributed by atoms with Crippen molar-refractivity contribution in [3.8, 4) is 0 Å². The number of aryl methyl sites for hydroxylation is 2. The van der Waals surface area contributed by atoms with Crippen molar-refractivity contribution in [2.75, 3.05) is 27.2 Å². The normalized spacial score (nSPS) is 16.5. The number of ether oxygens (including phenoxy) is 1. The summed E-state index contributed by atoms with van der Waals surface area (Å²) < 4.78 is 33.1. The van der Waals surface area contributed by atoms with E-state index in [0.717, 1.165) is 22.7 Å². The highest BCUT2D eigenvalue weighted by molar-refractivity contribution is 7.89. The average molecular weight is 465 g/mol. The molecule has 10 heteroatoms. The van der Waals surface area contributed by atoms with Crippen molar-refractivity contribution in [1.82, 2.24) is 18.8 Å². The first-order valence-electron chi connectivity index (χ1n) is 10.9. The van der Waals surface area contributed by atoms with Crippen LogP contribution in [0.25, 0.3) is 11.0 Å². The Labute approximate surface area is 189 Å². The standard InChI is InChI=1S/C22H32N4O5S/c1-15-10-12-26(13-11-15)22(28)16(2)31-21(27)9-8-20-23-18-14-17(32(29,30)24(3)4)6-7-19(18)25(20)5/h6-7,14-16H,8-13H2,1-5H3. The van der Waals surface area contributed by atoms with Crippen molar-refractivity contribution in [2.24, 2.45) is 13.0 Å². The van der Waals surface area contributed by atoms with Gasteiger partial charge in [0.15, 0.2) is 6.10 Å². The number of likely N-dealkylation sites (tertiary alicyclic amines) is 1. The average Bonchev–Trinajstić information content (AvgIpc) is 3.07. The Morgan fingerprint density at radius 2 is 1.91 bits per heavy atom. The summed E-state index contributed by atoms with van der Waals surface area (Å²) in [6, 6.07) is 4.79. The lowest BCUT2D eigenvalue weighted by atomic mass is 9.99. The number of piperidine rings is 1. The highest BCUT2D eigenvalue weighted by atomic mass is 32.2. The van der Waals surface area contributed by atoms with Gasteiger partial charge in [-0.1, -0.05) is 6.92 Å². The molecular weight excluding hydrogens is 432 g/mol. The largest absolute Gasteiger partial charge is 0.453 e. The van der Waals surface area contributed by atoms with Gasteiger partial charge in [-0.25, -0.2) is 17.7 Å². The van der Waals surface area contributed by atoms with E-state index in [9.17, 15) is 18.0 Å². The van der Waals surface area contributed by atoms with Gasteiger partial charge in [-0.15, -0.1) is 0 Å². The Morgan fingerprint density at radius 1 is 1.25 bits per heavy atom. The zero-order valence-corrected chi connectivity index (χ0v) is 20.2. The molecule has 1 unspecified atom stereocenters. The van der Waals surface area contributed by atoms with E-state index in [-0.39, 0.29) is 17.2 Å². The maximum absolute atomic E-state index is 12.5. The van der Waals surface area contributed by atoms with Gasteiger partial charge in [0.2, 0.25) is 10.0 Å². The molecule has 1 aromatic heterocycles. The molecule has 1 aliphatic heterocycles. The summed E-state index contributed by atoms with van der Waals surface area (Å²) in [6.07, 6.45) is 1.53. The van der Waals surface area contributed by atoms with E-state index in [2.05, 4.69) is 11.9 Å². The molecule has 1 aromatic carbocycles. The monoisotopic (exact) mass is 464 g/mol. The van der Waals surface area contributed by atoms with Crippen molar-refractivity contribution >= 4 is 32.9 Å². The molecule has 1 saturated heterocycles. The third-order valence-electron chi connectivity index (χ3n) is 6.03. The van der Waals surface area contributed by atoms with Crippen LogP contribution in [-0.2, 0) is 37.8 Å². The lowest BCUT2D eigenvalue weighted by molar-refractivity contribution is -0.159. The number of aromatic nitrogens is 2. The van der Waals surface area contributed by atoms with Gasteiger partial charge in [-0.2, -0.15) is 0 Å². The van der Waals surface area contributed by atoms with Crippen LogP contribution < -0.4 is 0 Å². The maximum atomic E-state index is 12.5. The van der Waals surface area contributed by atoms with Crippen LogP contribution in [0.3, 0.4) is 0 Å². The van der Waals surface area contributed by atoms with Crippen LogP contribution in [0.5, 0.6) is 0 Å². The fraction of sp³-hybridized carbons (Fsp3) is 0.591. The van der Waals surface area contributed by atoms with Gasteiger partial charge in [0, 0.05) is 40.7 Å². The van der Waals surface area contributed by atoms with Gasteiger partial charge < -0.3 is 14.2 Å². The van der Waals surface area contributed by atoms with Crippen molar-refractivity contribution in [3.63, 3.8) is 0 Å². The Hall–Kier alpha value is -2.46. The Morgan fingerprint density at radius 3 is 2.53 bits per heavy atom. The van der Waals surface area contributed by atoms with Crippen molar-refractivity contribution < 1.29 is 22.7 Å². The summed E-state index contributed by atoms with van der Waals surface area (Å²) in [7, 11) is 1.22.